The fourth-order valence-electron chi connectivity index (χ4n) is 1.42. The van der Waals surface area contributed by atoms with E-state index in [1.165, 1.54) is 12.1 Å². The van der Waals surface area contributed by atoms with Gasteiger partial charge in [0.2, 0.25) is 0 Å². The third-order valence-electron chi connectivity index (χ3n) is 2.13. The zero-order valence-electron chi connectivity index (χ0n) is 7.79. The van der Waals surface area contributed by atoms with E-state index in [0.29, 0.717) is 5.56 Å². The molecule has 1 aliphatic heterocycles. The molecule has 1 saturated heterocycles. The van der Waals surface area contributed by atoms with Crippen molar-refractivity contribution in [3.63, 3.8) is 0 Å². The van der Waals surface area contributed by atoms with Crippen molar-refractivity contribution >= 4 is 0 Å². The van der Waals surface area contributed by atoms with E-state index in [1.54, 1.807) is 12.1 Å². The SMILES string of the molecule is Fc1cccc(C#C[C@@H]2CCCO2)c1. The van der Waals surface area contributed by atoms with E-state index in [4.69, 9.17) is 4.74 Å². The fraction of sp³-hybridized carbons (Fsp3) is 0.333. The Morgan fingerprint density at radius 1 is 1.43 bits per heavy atom. The Labute approximate surface area is 82.9 Å². The lowest BCUT2D eigenvalue weighted by Crippen LogP contribution is -1.99. The van der Waals surface area contributed by atoms with Crippen LogP contribution in [-0.2, 0) is 4.74 Å². The van der Waals surface area contributed by atoms with E-state index in [9.17, 15) is 4.39 Å². The summed E-state index contributed by atoms with van der Waals surface area (Å²) in [4.78, 5) is 0. The maximum atomic E-state index is 12.8. The molecule has 0 saturated carbocycles. The van der Waals surface area contributed by atoms with Gasteiger partial charge < -0.3 is 4.74 Å². The molecule has 2 heteroatoms. The molecule has 1 aromatic carbocycles. The highest BCUT2D eigenvalue weighted by molar-refractivity contribution is 5.35. The van der Waals surface area contributed by atoms with Crippen molar-refractivity contribution in [3.05, 3.63) is 35.6 Å². The van der Waals surface area contributed by atoms with Crippen LogP contribution in [0, 0.1) is 17.7 Å². The zero-order chi connectivity index (χ0) is 9.80. The van der Waals surface area contributed by atoms with Gasteiger partial charge in [0.1, 0.15) is 11.9 Å². The number of hydrogen-bond donors (Lipinski definition) is 0. The molecule has 0 N–H and O–H groups in total. The molecule has 0 spiro atoms. The number of hydrogen-bond acceptors (Lipinski definition) is 1. The van der Waals surface area contributed by atoms with E-state index in [0.717, 1.165) is 19.4 Å². The predicted molar refractivity (Wildman–Crippen MR) is 52.3 cm³/mol. The Bertz CT molecular complexity index is 369. The molecule has 0 aromatic heterocycles. The summed E-state index contributed by atoms with van der Waals surface area (Å²) in [6, 6.07) is 6.30. The normalized spacial score (nSPS) is 20.2. The minimum absolute atomic E-state index is 0.0401. The van der Waals surface area contributed by atoms with E-state index in [-0.39, 0.29) is 11.9 Å². The van der Waals surface area contributed by atoms with E-state index in [2.05, 4.69) is 11.8 Å². The molecule has 0 aliphatic carbocycles. The molecular formula is C12H11FO. The van der Waals surface area contributed by atoms with Crippen LogP contribution in [0.5, 0.6) is 0 Å². The first kappa shape index (κ1) is 9.23. The summed E-state index contributed by atoms with van der Waals surface area (Å²) in [5.74, 6) is 5.65. The number of halogens is 1. The lowest BCUT2D eigenvalue weighted by molar-refractivity contribution is 0.152. The molecule has 1 aliphatic rings. The van der Waals surface area contributed by atoms with Gasteiger partial charge in [0, 0.05) is 12.2 Å². The average molecular weight is 190 g/mol. The third-order valence-corrected chi connectivity index (χ3v) is 2.13. The second-order valence-corrected chi connectivity index (χ2v) is 3.28. The smallest absolute Gasteiger partial charge is 0.124 e. The summed E-state index contributed by atoms with van der Waals surface area (Å²) < 4.78 is 18.1. The Morgan fingerprint density at radius 3 is 3.07 bits per heavy atom. The van der Waals surface area contributed by atoms with Gasteiger partial charge in [-0.2, -0.15) is 0 Å². The highest BCUT2D eigenvalue weighted by Crippen LogP contribution is 2.11. The molecule has 1 fully saturated rings. The molecule has 1 heterocycles. The van der Waals surface area contributed by atoms with E-state index < -0.39 is 0 Å². The Kier molecular flexibility index (Phi) is 2.81. The monoisotopic (exact) mass is 190 g/mol. The van der Waals surface area contributed by atoms with Crippen molar-refractivity contribution in [2.24, 2.45) is 0 Å². The minimum atomic E-state index is -0.246. The zero-order valence-corrected chi connectivity index (χ0v) is 7.79. The summed E-state index contributed by atoms with van der Waals surface area (Å²) in [7, 11) is 0. The summed E-state index contributed by atoms with van der Waals surface area (Å²) in [5.41, 5.74) is 0.709. The highest BCUT2D eigenvalue weighted by atomic mass is 19.1. The first-order valence-electron chi connectivity index (χ1n) is 4.73. The van der Waals surface area contributed by atoms with Crippen LogP contribution in [0.25, 0.3) is 0 Å². The Morgan fingerprint density at radius 2 is 2.36 bits per heavy atom. The molecule has 0 bridgehead atoms. The molecule has 0 unspecified atom stereocenters. The molecule has 0 radical (unpaired) electrons. The van der Waals surface area contributed by atoms with Crippen LogP contribution >= 0.6 is 0 Å². The molecule has 1 atom stereocenters. The molecule has 14 heavy (non-hydrogen) atoms. The maximum absolute atomic E-state index is 12.8. The maximum Gasteiger partial charge on any atom is 0.124 e. The standard InChI is InChI=1S/C12H11FO/c13-11-4-1-3-10(9-11)6-7-12-5-2-8-14-12/h1,3-4,9,12H,2,5,8H2/t12-/m0/s1. The van der Waals surface area contributed by atoms with Gasteiger partial charge >= 0.3 is 0 Å². The van der Waals surface area contributed by atoms with Crippen LogP contribution in [0.15, 0.2) is 24.3 Å². The first-order valence-corrected chi connectivity index (χ1v) is 4.73. The Hall–Kier alpha value is -1.33. The summed E-state index contributed by atoms with van der Waals surface area (Å²) >= 11 is 0. The van der Waals surface area contributed by atoms with E-state index in [1.807, 2.05) is 0 Å². The van der Waals surface area contributed by atoms with Gasteiger partial charge in [-0.05, 0) is 31.0 Å². The van der Waals surface area contributed by atoms with Crippen LogP contribution in [0.2, 0.25) is 0 Å². The van der Waals surface area contributed by atoms with Crippen molar-refractivity contribution in [2.75, 3.05) is 6.61 Å². The van der Waals surface area contributed by atoms with Crippen molar-refractivity contribution in [1.82, 2.24) is 0 Å². The molecule has 72 valence electrons. The summed E-state index contributed by atoms with van der Waals surface area (Å²) in [6.45, 7) is 0.794. The summed E-state index contributed by atoms with van der Waals surface area (Å²) in [6.07, 6.45) is 2.10. The van der Waals surface area contributed by atoms with Gasteiger partial charge in [0.25, 0.3) is 0 Å². The molecule has 2 rings (SSSR count). The fourth-order valence-corrected chi connectivity index (χ4v) is 1.42. The molecule has 1 nitrogen and oxygen atoms in total. The van der Waals surface area contributed by atoms with Crippen LogP contribution in [0.4, 0.5) is 4.39 Å². The minimum Gasteiger partial charge on any atom is -0.366 e. The van der Waals surface area contributed by atoms with Gasteiger partial charge in [0.05, 0.1) is 0 Å². The predicted octanol–water partition coefficient (Wildman–Crippen LogP) is 2.36. The van der Waals surface area contributed by atoms with Crippen LogP contribution in [-0.4, -0.2) is 12.7 Å². The second-order valence-electron chi connectivity index (χ2n) is 3.28. The number of benzene rings is 1. The number of ether oxygens (including phenoxy) is 1. The topological polar surface area (TPSA) is 9.23 Å². The van der Waals surface area contributed by atoms with Crippen molar-refractivity contribution in [1.29, 1.82) is 0 Å². The Balaban J connectivity index is 2.08. The van der Waals surface area contributed by atoms with Crippen molar-refractivity contribution in [3.8, 4) is 11.8 Å². The lowest BCUT2D eigenvalue weighted by atomic mass is 10.2. The van der Waals surface area contributed by atoms with Crippen LogP contribution < -0.4 is 0 Å². The van der Waals surface area contributed by atoms with Crippen molar-refractivity contribution in [2.45, 2.75) is 18.9 Å². The van der Waals surface area contributed by atoms with Crippen LogP contribution in [0.1, 0.15) is 18.4 Å². The highest BCUT2D eigenvalue weighted by Gasteiger charge is 2.11. The van der Waals surface area contributed by atoms with Gasteiger partial charge in [-0.25, -0.2) is 4.39 Å². The van der Waals surface area contributed by atoms with Gasteiger partial charge in [-0.3, -0.25) is 0 Å². The number of rotatable bonds is 0. The quantitative estimate of drug-likeness (QED) is 0.570. The average Bonchev–Trinajstić information content (AvgIpc) is 2.67. The lowest BCUT2D eigenvalue weighted by Gasteiger charge is -1.97. The largest absolute Gasteiger partial charge is 0.366 e. The van der Waals surface area contributed by atoms with Gasteiger partial charge in [0.15, 0.2) is 0 Å². The van der Waals surface area contributed by atoms with Crippen LogP contribution in [0.3, 0.4) is 0 Å². The molecule has 1 aromatic rings. The summed E-state index contributed by atoms with van der Waals surface area (Å²) in [5, 5.41) is 0. The van der Waals surface area contributed by atoms with E-state index >= 15 is 0 Å². The second kappa shape index (κ2) is 4.26. The van der Waals surface area contributed by atoms with Gasteiger partial charge in [-0.1, -0.05) is 17.9 Å². The van der Waals surface area contributed by atoms with Crippen molar-refractivity contribution < 1.29 is 9.13 Å². The first-order chi connectivity index (χ1) is 6.84. The van der Waals surface area contributed by atoms with Gasteiger partial charge in [-0.15, -0.1) is 0 Å². The third kappa shape index (κ3) is 2.34. The molecular weight excluding hydrogens is 179 g/mol. The molecule has 0 amide bonds.